The maximum Gasteiger partial charge on any atom is 0.140 e. The predicted molar refractivity (Wildman–Crippen MR) is 132 cm³/mol. The third-order valence-electron chi connectivity index (χ3n) is 7.41. The summed E-state index contributed by atoms with van der Waals surface area (Å²) in [7, 11) is 6.03. The molecule has 0 aliphatic carbocycles. The van der Waals surface area contributed by atoms with Crippen LogP contribution >= 0.6 is 0 Å². The SMILES string of the molecule is COC1CN(C)CCC1n1cc(-c2ccc3c(c2Oc2ccc(F)cc2)CCC(C)N3C)cn1. The van der Waals surface area contributed by atoms with E-state index >= 15 is 0 Å². The molecule has 6 nitrogen and oxygen atoms in total. The van der Waals surface area contributed by atoms with Crippen LogP contribution in [0.3, 0.4) is 0 Å². The minimum atomic E-state index is -0.275. The third-order valence-corrected chi connectivity index (χ3v) is 7.41. The minimum absolute atomic E-state index is 0.0973. The summed E-state index contributed by atoms with van der Waals surface area (Å²) in [4.78, 5) is 4.61. The van der Waals surface area contributed by atoms with Crippen LogP contribution in [0.2, 0.25) is 0 Å². The Hall–Kier alpha value is -2.90. The molecule has 34 heavy (non-hydrogen) atoms. The first-order chi connectivity index (χ1) is 16.4. The molecule has 3 atom stereocenters. The quantitative estimate of drug-likeness (QED) is 0.523. The van der Waals surface area contributed by atoms with Crippen molar-refractivity contribution in [3.05, 3.63) is 60.2 Å². The number of piperidine rings is 1. The van der Waals surface area contributed by atoms with Crippen molar-refractivity contribution >= 4 is 5.69 Å². The molecule has 2 aromatic carbocycles. The smallest absolute Gasteiger partial charge is 0.140 e. The largest absolute Gasteiger partial charge is 0.456 e. The Bertz CT molecular complexity index is 1150. The number of nitrogens with zero attached hydrogens (tertiary/aromatic N) is 4. The van der Waals surface area contributed by atoms with Crippen LogP contribution < -0.4 is 9.64 Å². The van der Waals surface area contributed by atoms with Crippen molar-refractivity contribution in [3.8, 4) is 22.6 Å². The molecule has 2 aliphatic rings. The van der Waals surface area contributed by atoms with E-state index in [0.29, 0.717) is 11.8 Å². The maximum absolute atomic E-state index is 13.5. The van der Waals surface area contributed by atoms with Gasteiger partial charge in [-0.25, -0.2) is 4.39 Å². The fraction of sp³-hybridized carbons (Fsp3) is 0.444. The molecule has 5 rings (SSSR count). The molecule has 1 fully saturated rings. The number of hydrogen-bond donors (Lipinski definition) is 0. The maximum atomic E-state index is 13.5. The summed E-state index contributed by atoms with van der Waals surface area (Å²) in [5.74, 6) is 1.18. The Morgan fingerprint density at radius 3 is 2.62 bits per heavy atom. The van der Waals surface area contributed by atoms with E-state index in [1.807, 2.05) is 10.9 Å². The van der Waals surface area contributed by atoms with Crippen LogP contribution in [0.15, 0.2) is 48.8 Å². The molecule has 0 N–H and O–H groups in total. The molecule has 3 heterocycles. The number of anilines is 1. The van der Waals surface area contributed by atoms with Gasteiger partial charge in [0.2, 0.25) is 0 Å². The molecule has 180 valence electrons. The van der Waals surface area contributed by atoms with Crippen molar-refractivity contribution in [1.82, 2.24) is 14.7 Å². The molecule has 2 aliphatic heterocycles. The molecule has 0 spiro atoms. The Labute approximate surface area is 200 Å². The first-order valence-corrected chi connectivity index (χ1v) is 12.0. The summed E-state index contributed by atoms with van der Waals surface area (Å²) in [6, 6.07) is 11.2. The summed E-state index contributed by atoms with van der Waals surface area (Å²) >= 11 is 0. The van der Waals surface area contributed by atoms with E-state index in [9.17, 15) is 4.39 Å². The van der Waals surface area contributed by atoms with Crippen molar-refractivity contribution in [1.29, 1.82) is 0 Å². The summed E-state index contributed by atoms with van der Waals surface area (Å²) in [5, 5.41) is 4.74. The standard InChI is InChI=1S/C27H33FN4O2/c1-18-5-10-23-24(31(18)3)12-11-22(27(23)34-21-8-6-20(28)7-9-21)19-15-29-32(16-19)25-13-14-30(2)17-26(25)33-4/h6-9,11-12,15-16,18,25-26H,5,10,13-14,17H2,1-4H3. The lowest BCUT2D eigenvalue weighted by Crippen LogP contribution is -2.43. The van der Waals surface area contributed by atoms with E-state index < -0.39 is 0 Å². The zero-order valence-corrected chi connectivity index (χ0v) is 20.4. The van der Waals surface area contributed by atoms with Gasteiger partial charge >= 0.3 is 0 Å². The van der Waals surface area contributed by atoms with Crippen LogP contribution in [-0.4, -0.2) is 61.1 Å². The first-order valence-electron chi connectivity index (χ1n) is 12.0. The van der Waals surface area contributed by atoms with Gasteiger partial charge in [0, 0.05) is 61.9 Å². The molecule has 3 unspecified atom stereocenters. The van der Waals surface area contributed by atoms with Crippen molar-refractivity contribution in [3.63, 3.8) is 0 Å². The highest BCUT2D eigenvalue weighted by atomic mass is 19.1. The van der Waals surface area contributed by atoms with Crippen LogP contribution in [0.1, 0.15) is 31.4 Å². The van der Waals surface area contributed by atoms with E-state index in [1.165, 1.54) is 23.4 Å². The molecule has 0 radical (unpaired) electrons. The zero-order chi connectivity index (χ0) is 23.8. The van der Waals surface area contributed by atoms with Gasteiger partial charge < -0.3 is 19.3 Å². The van der Waals surface area contributed by atoms with Crippen LogP contribution in [0, 0.1) is 5.82 Å². The molecular formula is C27H33FN4O2. The lowest BCUT2D eigenvalue weighted by molar-refractivity contribution is -0.00195. The summed E-state index contributed by atoms with van der Waals surface area (Å²) < 4.78 is 27.8. The number of fused-ring (bicyclic) bond motifs is 1. The second-order valence-electron chi connectivity index (χ2n) is 9.60. The topological polar surface area (TPSA) is 42.8 Å². The zero-order valence-electron chi connectivity index (χ0n) is 20.4. The third kappa shape index (κ3) is 4.30. The second kappa shape index (κ2) is 9.39. The van der Waals surface area contributed by atoms with Gasteiger partial charge in [-0.05, 0) is 69.6 Å². The van der Waals surface area contributed by atoms with Crippen LogP contribution in [0.4, 0.5) is 10.1 Å². The molecule has 0 bridgehead atoms. The molecule has 1 aromatic heterocycles. The summed E-state index contributed by atoms with van der Waals surface area (Å²) in [6.07, 6.45) is 7.09. The van der Waals surface area contributed by atoms with E-state index in [0.717, 1.165) is 49.2 Å². The second-order valence-corrected chi connectivity index (χ2v) is 9.60. The van der Waals surface area contributed by atoms with Crippen LogP contribution in [0.25, 0.3) is 11.1 Å². The fourth-order valence-corrected chi connectivity index (χ4v) is 5.19. The van der Waals surface area contributed by atoms with E-state index in [-0.39, 0.29) is 18.0 Å². The predicted octanol–water partition coefficient (Wildman–Crippen LogP) is 5.14. The normalized spacial score (nSPS) is 23.1. The Balaban J connectivity index is 1.54. The van der Waals surface area contributed by atoms with Gasteiger partial charge in [0.25, 0.3) is 0 Å². The van der Waals surface area contributed by atoms with Crippen molar-refractivity contribution < 1.29 is 13.9 Å². The number of methoxy groups -OCH3 is 1. The van der Waals surface area contributed by atoms with Gasteiger partial charge in [-0.3, -0.25) is 4.68 Å². The van der Waals surface area contributed by atoms with Gasteiger partial charge in [0.15, 0.2) is 0 Å². The molecule has 7 heteroatoms. The fourth-order valence-electron chi connectivity index (χ4n) is 5.19. The van der Waals surface area contributed by atoms with Gasteiger partial charge in [-0.2, -0.15) is 5.10 Å². The van der Waals surface area contributed by atoms with Gasteiger partial charge in [0.1, 0.15) is 17.3 Å². The Kier molecular flexibility index (Phi) is 6.32. The van der Waals surface area contributed by atoms with Crippen LogP contribution in [0.5, 0.6) is 11.5 Å². The van der Waals surface area contributed by atoms with Crippen molar-refractivity contribution in [2.75, 3.05) is 39.2 Å². The highest BCUT2D eigenvalue weighted by molar-refractivity contribution is 5.78. The van der Waals surface area contributed by atoms with E-state index in [2.05, 4.69) is 49.1 Å². The highest BCUT2D eigenvalue weighted by Crippen LogP contribution is 2.44. The number of aromatic nitrogens is 2. The van der Waals surface area contributed by atoms with E-state index in [4.69, 9.17) is 14.6 Å². The first kappa shape index (κ1) is 22.9. The average molecular weight is 465 g/mol. The Morgan fingerprint density at radius 2 is 1.85 bits per heavy atom. The number of hydrogen-bond acceptors (Lipinski definition) is 5. The monoisotopic (exact) mass is 464 g/mol. The van der Waals surface area contributed by atoms with Crippen molar-refractivity contribution in [2.45, 2.75) is 44.4 Å². The summed E-state index contributed by atoms with van der Waals surface area (Å²) in [6.45, 7) is 4.15. The van der Waals surface area contributed by atoms with E-state index in [1.54, 1.807) is 19.2 Å². The molecule has 3 aromatic rings. The number of ether oxygens (including phenoxy) is 2. The number of rotatable bonds is 5. The summed E-state index contributed by atoms with van der Waals surface area (Å²) in [5.41, 5.74) is 4.38. The number of likely N-dealkylation sites (tertiary alicyclic amines) is 1. The molecule has 1 saturated heterocycles. The number of halogens is 1. The number of likely N-dealkylation sites (N-methyl/N-ethyl adjacent to an activating group) is 1. The number of benzene rings is 2. The molecule has 0 saturated carbocycles. The van der Waals surface area contributed by atoms with Gasteiger partial charge in [-0.15, -0.1) is 0 Å². The Morgan fingerprint density at radius 1 is 1.06 bits per heavy atom. The highest BCUT2D eigenvalue weighted by Gasteiger charge is 2.31. The van der Waals surface area contributed by atoms with Gasteiger partial charge in [0.05, 0.1) is 18.3 Å². The molecule has 0 amide bonds. The van der Waals surface area contributed by atoms with Crippen molar-refractivity contribution in [2.24, 2.45) is 0 Å². The lowest BCUT2D eigenvalue weighted by Gasteiger charge is -2.36. The lowest BCUT2D eigenvalue weighted by atomic mass is 9.92. The van der Waals surface area contributed by atoms with Crippen LogP contribution in [-0.2, 0) is 11.2 Å². The molecular weight excluding hydrogens is 431 g/mol. The minimum Gasteiger partial charge on any atom is -0.456 e. The average Bonchev–Trinajstić information content (AvgIpc) is 3.32. The van der Waals surface area contributed by atoms with Gasteiger partial charge in [-0.1, -0.05) is 0 Å².